The van der Waals surface area contributed by atoms with E-state index >= 15 is 0 Å². The van der Waals surface area contributed by atoms with Gasteiger partial charge in [0.2, 0.25) is 0 Å². The van der Waals surface area contributed by atoms with Gasteiger partial charge in [-0.15, -0.1) is 0 Å². The maximum absolute atomic E-state index is 10.3. The molecule has 0 fully saturated rings. The van der Waals surface area contributed by atoms with Crippen LogP contribution in [0.3, 0.4) is 0 Å². The number of hydrogen-bond donors (Lipinski definition) is 2. The number of ether oxygens (including phenoxy) is 2. The Morgan fingerprint density at radius 3 is 2.53 bits per heavy atom. The smallest absolute Gasteiger partial charge is 0.175 e. The molecule has 0 bridgehead atoms. The van der Waals surface area contributed by atoms with Gasteiger partial charge in [0.05, 0.1) is 17.2 Å². The van der Waals surface area contributed by atoms with Crippen molar-refractivity contribution in [2.45, 2.75) is 26.2 Å². The van der Waals surface area contributed by atoms with E-state index in [1.54, 1.807) is 0 Å². The summed E-state index contributed by atoms with van der Waals surface area (Å²) in [5.74, 6) is 1.33. The Labute approximate surface area is 190 Å². The van der Waals surface area contributed by atoms with Gasteiger partial charge in [-0.1, -0.05) is 54.1 Å². The van der Waals surface area contributed by atoms with Crippen LogP contribution < -0.4 is 14.8 Å². The fourth-order valence-corrected chi connectivity index (χ4v) is 3.87. The number of hydrogen-bond acceptors (Lipinski definition) is 4. The lowest BCUT2D eigenvalue weighted by Gasteiger charge is -2.17. The van der Waals surface area contributed by atoms with Gasteiger partial charge in [0.15, 0.2) is 11.5 Å². The van der Waals surface area contributed by atoms with Crippen LogP contribution in [0.2, 0.25) is 5.02 Å². The molecule has 0 saturated heterocycles. The zero-order valence-corrected chi connectivity index (χ0v) is 19.1. The van der Waals surface area contributed by atoms with Gasteiger partial charge in [-0.05, 0) is 63.8 Å². The summed E-state index contributed by atoms with van der Waals surface area (Å²) in [5, 5.41) is 14.3. The van der Waals surface area contributed by atoms with E-state index in [0.29, 0.717) is 42.8 Å². The molecule has 4 nitrogen and oxygen atoms in total. The van der Waals surface area contributed by atoms with E-state index in [2.05, 4.69) is 21.2 Å². The quantitative estimate of drug-likeness (QED) is 0.371. The predicted molar refractivity (Wildman–Crippen MR) is 124 cm³/mol. The lowest BCUT2D eigenvalue weighted by molar-refractivity contribution is 0.174. The molecule has 3 aromatic carbocycles. The average Bonchev–Trinajstić information content (AvgIpc) is 2.74. The highest BCUT2D eigenvalue weighted by Crippen LogP contribution is 2.37. The van der Waals surface area contributed by atoms with Crippen molar-refractivity contribution in [3.05, 3.63) is 92.9 Å². The number of halogens is 2. The van der Waals surface area contributed by atoms with Gasteiger partial charge in [-0.2, -0.15) is 0 Å². The zero-order chi connectivity index (χ0) is 21.3. The Bertz CT molecular complexity index is 952. The van der Waals surface area contributed by atoms with E-state index in [-0.39, 0.29) is 0 Å². The van der Waals surface area contributed by atoms with Crippen LogP contribution in [0.4, 0.5) is 0 Å². The number of aliphatic hydroxyl groups excluding tert-OH is 1. The molecule has 3 aromatic rings. The second-order valence-electron chi connectivity index (χ2n) is 6.81. The summed E-state index contributed by atoms with van der Waals surface area (Å²) in [4.78, 5) is 0. The molecule has 0 radical (unpaired) electrons. The normalized spacial score (nSPS) is 11.9. The Hall–Kier alpha value is -2.05. The maximum Gasteiger partial charge on any atom is 0.175 e. The van der Waals surface area contributed by atoms with Crippen LogP contribution in [0, 0.1) is 0 Å². The summed E-state index contributed by atoms with van der Waals surface area (Å²) < 4.78 is 12.7. The molecule has 0 heterocycles. The third-order valence-electron chi connectivity index (χ3n) is 4.49. The second-order valence-corrected chi connectivity index (χ2v) is 8.10. The van der Waals surface area contributed by atoms with Crippen molar-refractivity contribution in [3.8, 4) is 11.5 Å². The molecule has 158 valence electrons. The minimum atomic E-state index is -0.554. The highest BCUT2D eigenvalue weighted by Gasteiger charge is 2.13. The summed E-state index contributed by atoms with van der Waals surface area (Å²) in [6.07, 6.45) is -0.554. The molecule has 6 heteroatoms. The highest BCUT2D eigenvalue weighted by molar-refractivity contribution is 9.10. The first-order chi connectivity index (χ1) is 14.6. The number of rotatable bonds is 10. The Morgan fingerprint density at radius 2 is 1.80 bits per heavy atom. The summed E-state index contributed by atoms with van der Waals surface area (Å²) in [6, 6.07) is 21.2. The molecule has 0 aromatic heterocycles. The van der Waals surface area contributed by atoms with Crippen molar-refractivity contribution in [2.24, 2.45) is 0 Å². The largest absolute Gasteiger partial charge is 0.490 e. The van der Waals surface area contributed by atoms with Gasteiger partial charge in [0.1, 0.15) is 6.61 Å². The van der Waals surface area contributed by atoms with Crippen LogP contribution in [-0.4, -0.2) is 18.3 Å². The summed E-state index contributed by atoms with van der Waals surface area (Å²) in [6.45, 7) is 3.91. The Morgan fingerprint density at radius 1 is 1.00 bits per heavy atom. The first-order valence-corrected chi connectivity index (χ1v) is 11.0. The van der Waals surface area contributed by atoms with Gasteiger partial charge >= 0.3 is 0 Å². The van der Waals surface area contributed by atoms with E-state index in [0.717, 1.165) is 21.2 Å². The third-order valence-corrected chi connectivity index (χ3v) is 5.32. The molecule has 0 aliphatic rings. The highest BCUT2D eigenvalue weighted by atomic mass is 79.9. The van der Waals surface area contributed by atoms with E-state index in [1.165, 1.54) is 0 Å². The predicted octanol–water partition coefficient (Wildman–Crippen LogP) is 5.90. The van der Waals surface area contributed by atoms with Gasteiger partial charge in [0.25, 0.3) is 0 Å². The van der Waals surface area contributed by atoms with Crippen LogP contribution in [0.15, 0.2) is 71.2 Å². The molecule has 30 heavy (non-hydrogen) atoms. The van der Waals surface area contributed by atoms with Crippen LogP contribution in [0.25, 0.3) is 0 Å². The van der Waals surface area contributed by atoms with Crippen molar-refractivity contribution in [3.63, 3.8) is 0 Å². The lowest BCUT2D eigenvalue weighted by Crippen LogP contribution is -2.21. The monoisotopic (exact) mass is 489 g/mol. The van der Waals surface area contributed by atoms with Crippen LogP contribution in [0.5, 0.6) is 11.5 Å². The first kappa shape index (κ1) is 22.6. The Balaban J connectivity index is 1.64. The summed E-state index contributed by atoms with van der Waals surface area (Å²) in [5.41, 5.74) is 2.91. The van der Waals surface area contributed by atoms with Gasteiger partial charge in [-0.3, -0.25) is 0 Å². The van der Waals surface area contributed by atoms with Gasteiger partial charge in [-0.25, -0.2) is 0 Å². The Kier molecular flexibility index (Phi) is 8.58. The first-order valence-electron chi connectivity index (χ1n) is 9.83. The van der Waals surface area contributed by atoms with Crippen LogP contribution in [-0.2, 0) is 13.2 Å². The summed E-state index contributed by atoms with van der Waals surface area (Å²) in [7, 11) is 0. The molecule has 0 aliphatic heterocycles. The van der Waals surface area contributed by atoms with Gasteiger partial charge in [0, 0.05) is 18.1 Å². The molecule has 0 saturated carbocycles. The third kappa shape index (κ3) is 6.47. The lowest BCUT2D eigenvalue weighted by atomic mass is 10.1. The molecule has 1 atom stereocenters. The molecule has 3 rings (SSSR count). The van der Waals surface area contributed by atoms with E-state index in [9.17, 15) is 5.11 Å². The van der Waals surface area contributed by atoms with E-state index in [1.807, 2.05) is 73.7 Å². The van der Waals surface area contributed by atoms with Crippen molar-refractivity contribution in [1.29, 1.82) is 0 Å². The van der Waals surface area contributed by atoms with Gasteiger partial charge < -0.3 is 19.9 Å². The molecule has 0 spiro atoms. The standard InChI is InChI=1S/C24H25BrClNO3/c1-2-29-23-13-18(14-27-15-22(28)19-8-4-3-5-9-19)12-21(25)24(23)30-16-17-7-6-10-20(26)11-17/h3-13,22,27-28H,2,14-16H2,1H3. The second kappa shape index (κ2) is 11.4. The maximum atomic E-state index is 10.3. The topological polar surface area (TPSA) is 50.7 Å². The number of nitrogens with one attached hydrogen (secondary N) is 1. The van der Waals surface area contributed by atoms with E-state index < -0.39 is 6.10 Å². The molecular formula is C24H25BrClNO3. The van der Waals surface area contributed by atoms with Crippen molar-refractivity contribution in [1.82, 2.24) is 5.32 Å². The molecule has 1 unspecified atom stereocenters. The van der Waals surface area contributed by atoms with Crippen molar-refractivity contribution in [2.75, 3.05) is 13.2 Å². The van der Waals surface area contributed by atoms with Crippen LogP contribution in [0.1, 0.15) is 29.7 Å². The number of aliphatic hydroxyl groups is 1. The van der Waals surface area contributed by atoms with E-state index in [4.69, 9.17) is 21.1 Å². The fourth-order valence-electron chi connectivity index (χ4n) is 3.05. The molecular weight excluding hydrogens is 466 g/mol. The SMILES string of the molecule is CCOc1cc(CNCC(O)c2ccccc2)cc(Br)c1OCc1cccc(Cl)c1. The zero-order valence-electron chi connectivity index (χ0n) is 16.8. The minimum Gasteiger partial charge on any atom is -0.490 e. The van der Waals surface area contributed by atoms with Crippen molar-refractivity contribution < 1.29 is 14.6 Å². The fraction of sp³-hybridized carbons (Fsp3) is 0.250. The minimum absolute atomic E-state index is 0.389. The van der Waals surface area contributed by atoms with Crippen LogP contribution >= 0.6 is 27.5 Å². The molecule has 2 N–H and O–H groups in total. The van der Waals surface area contributed by atoms with Crippen molar-refractivity contribution >= 4 is 27.5 Å². The molecule has 0 aliphatic carbocycles. The summed E-state index contributed by atoms with van der Waals surface area (Å²) >= 11 is 9.66. The number of benzene rings is 3. The average molecular weight is 491 g/mol. The molecule has 0 amide bonds.